The van der Waals surface area contributed by atoms with Gasteiger partial charge in [-0.3, -0.25) is 9.59 Å². The van der Waals surface area contributed by atoms with E-state index in [1.54, 1.807) is 0 Å². The van der Waals surface area contributed by atoms with Gasteiger partial charge in [0.15, 0.2) is 0 Å². The number of amides is 2. The van der Waals surface area contributed by atoms with Gasteiger partial charge in [-0.15, -0.1) is 11.6 Å². The number of hydrogen-bond donors (Lipinski definition) is 1. The lowest BCUT2D eigenvalue weighted by Gasteiger charge is -2.16. The number of alkyl halides is 1. The molecule has 1 N–H and O–H groups in total. The number of carbonyl (C=O) groups excluding carboxylic acids is 2. The maximum absolute atomic E-state index is 11.9. The Balaban J connectivity index is 2.10. The van der Waals surface area contributed by atoms with Crippen LogP contribution in [0.3, 0.4) is 0 Å². The van der Waals surface area contributed by atoms with Crippen molar-refractivity contribution in [2.24, 2.45) is 0 Å². The Bertz CT molecular complexity index is 448. The number of benzene rings is 1. The van der Waals surface area contributed by atoms with Crippen LogP contribution in [-0.2, 0) is 16.0 Å². The van der Waals surface area contributed by atoms with Gasteiger partial charge in [-0.05, 0) is 18.1 Å². The minimum Gasteiger partial charge on any atom is -0.347 e. The Morgan fingerprint density at radius 1 is 1.35 bits per heavy atom. The summed E-state index contributed by atoms with van der Waals surface area (Å²) < 4.78 is 0. The van der Waals surface area contributed by atoms with E-state index in [9.17, 15) is 9.59 Å². The Hall–Kier alpha value is -1.55. The topological polar surface area (TPSA) is 49.4 Å². The first kappa shape index (κ1) is 11.9. The van der Waals surface area contributed by atoms with Crippen molar-refractivity contribution in [3.8, 4) is 0 Å². The highest BCUT2D eigenvalue weighted by Crippen LogP contribution is 2.27. The quantitative estimate of drug-likeness (QED) is 0.629. The van der Waals surface area contributed by atoms with E-state index in [1.165, 1.54) is 4.90 Å². The largest absolute Gasteiger partial charge is 0.347 e. The van der Waals surface area contributed by atoms with Crippen LogP contribution in [0.4, 0.5) is 5.69 Å². The second-order valence-electron chi connectivity index (χ2n) is 3.78. The average molecular weight is 253 g/mol. The summed E-state index contributed by atoms with van der Waals surface area (Å²) in [6.45, 7) is 0.869. The molecule has 5 heteroatoms. The number of fused-ring (bicyclic) bond motifs is 1. The summed E-state index contributed by atoms with van der Waals surface area (Å²) in [6.07, 6.45) is 0.796. The first-order valence-corrected chi connectivity index (χ1v) is 6.01. The smallest absolute Gasteiger partial charge is 0.316 e. The fraction of sp³-hybridized carbons (Fsp3) is 0.333. The van der Waals surface area contributed by atoms with E-state index >= 15 is 0 Å². The van der Waals surface area contributed by atoms with Crippen molar-refractivity contribution in [3.05, 3.63) is 29.8 Å². The van der Waals surface area contributed by atoms with Gasteiger partial charge < -0.3 is 10.2 Å². The summed E-state index contributed by atoms with van der Waals surface area (Å²) in [6, 6.07) is 7.62. The molecule has 0 bridgehead atoms. The summed E-state index contributed by atoms with van der Waals surface area (Å²) in [5.41, 5.74) is 1.93. The standard InChI is InChI=1S/C12H13ClN2O2/c13-6-7-14-11(16)12(17)15-8-5-9-3-1-2-4-10(9)15/h1-4H,5-8H2,(H,14,16). The van der Waals surface area contributed by atoms with Crippen LogP contribution in [0, 0.1) is 0 Å². The van der Waals surface area contributed by atoms with E-state index in [-0.39, 0.29) is 0 Å². The van der Waals surface area contributed by atoms with Gasteiger partial charge in [0.1, 0.15) is 0 Å². The van der Waals surface area contributed by atoms with Gasteiger partial charge in [0.05, 0.1) is 0 Å². The van der Waals surface area contributed by atoms with E-state index < -0.39 is 11.8 Å². The van der Waals surface area contributed by atoms with Crippen LogP contribution in [0.15, 0.2) is 24.3 Å². The predicted molar refractivity (Wildman–Crippen MR) is 66.2 cm³/mol. The SMILES string of the molecule is O=C(NCCCl)C(=O)N1CCc2ccccc21. The third-order valence-corrected chi connectivity index (χ3v) is 2.90. The number of halogens is 1. The Labute approximate surface area is 105 Å². The highest BCUT2D eigenvalue weighted by atomic mass is 35.5. The number of nitrogens with zero attached hydrogens (tertiary/aromatic N) is 1. The molecule has 1 aliphatic heterocycles. The summed E-state index contributed by atoms with van der Waals surface area (Å²) in [5, 5.41) is 2.48. The molecule has 2 rings (SSSR count). The van der Waals surface area contributed by atoms with Crippen LogP contribution in [0.5, 0.6) is 0 Å². The highest BCUT2D eigenvalue weighted by Gasteiger charge is 2.28. The first-order valence-electron chi connectivity index (χ1n) is 5.47. The molecule has 0 fully saturated rings. The number of carbonyl (C=O) groups is 2. The molecule has 1 aliphatic rings. The van der Waals surface area contributed by atoms with Gasteiger partial charge in [0.25, 0.3) is 0 Å². The maximum Gasteiger partial charge on any atom is 0.316 e. The van der Waals surface area contributed by atoms with Crippen molar-refractivity contribution in [1.29, 1.82) is 0 Å². The second-order valence-corrected chi connectivity index (χ2v) is 4.16. The molecular weight excluding hydrogens is 240 g/mol. The molecule has 1 heterocycles. The molecule has 4 nitrogen and oxygen atoms in total. The molecule has 0 aliphatic carbocycles. The zero-order valence-corrected chi connectivity index (χ0v) is 10.0. The van der Waals surface area contributed by atoms with E-state index in [1.807, 2.05) is 24.3 Å². The third-order valence-electron chi connectivity index (χ3n) is 2.71. The Morgan fingerprint density at radius 2 is 2.12 bits per heavy atom. The van der Waals surface area contributed by atoms with Gasteiger partial charge in [-0.1, -0.05) is 18.2 Å². The lowest BCUT2D eigenvalue weighted by molar-refractivity contribution is -0.137. The van der Waals surface area contributed by atoms with Crippen molar-refractivity contribution in [3.63, 3.8) is 0 Å². The fourth-order valence-electron chi connectivity index (χ4n) is 1.91. The zero-order valence-electron chi connectivity index (χ0n) is 9.28. The van der Waals surface area contributed by atoms with Gasteiger partial charge in [0, 0.05) is 24.7 Å². The van der Waals surface area contributed by atoms with E-state index in [2.05, 4.69) is 5.32 Å². The highest BCUT2D eigenvalue weighted by molar-refractivity contribution is 6.40. The lowest BCUT2D eigenvalue weighted by Crippen LogP contribution is -2.42. The van der Waals surface area contributed by atoms with E-state index in [0.29, 0.717) is 19.0 Å². The van der Waals surface area contributed by atoms with Crippen molar-refractivity contribution >= 4 is 29.1 Å². The molecule has 0 saturated heterocycles. The number of nitrogens with one attached hydrogen (secondary N) is 1. The lowest BCUT2D eigenvalue weighted by atomic mass is 10.2. The van der Waals surface area contributed by atoms with Gasteiger partial charge in [-0.25, -0.2) is 0 Å². The minimum atomic E-state index is -0.595. The number of hydrogen-bond acceptors (Lipinski definition) is 2. The summed E-state index contributed by atoms with van der Waals surface area (Å²) >= 11 is 5.45. The van der Waals surface area contributed by atoms with E-state index in [0.717, 1.165) is 17.7 Å². The summed E-state index contributed by atoms with van der Waals surface area (Å²) in [7, 11) is 0. The summed E-state index contributed by atoms with van der Waals surface area (Å²) in [4.78, 5) is 24.9. The second kappa shape index (κ2) is 5.19. The Kier molecular flexibility index (Phi) is 3.64. The average Bonchev–Trinajstić information content (AvgIpc) is 2.78. The van der Waals surface area contributed by atoms with Gasteiger partial charge in [0.2, 0.25) is 0 Å². The molecule has 0 atom stereocenters. The van der Waals surface area contributed by atoms with E-state index in [4.69, 9.17) is 11.6 Å². The number of rotatable bonds is 2. The van der Waals surface area contributed by atoms with Crippen LogP contribution >= 0.6 is 11.6 Å². The molecule has 90 valence electrons. The monoisotopic (exact) mass is 252 g/mol. The van der Waals surface area contributed by atoms with Crippen molar-refractivity contribution in [1.82, 2.24) is 5.32 Å². The van der Waals surface area contributed by atoms with Crippen LogP contribution in [-0.4, -0.2) is 30.8 Å². The van der Waals surface area contributed by atoms with Crippen LogP contribution in [0.2, 0.25) is 0 Å². The van der Waals surface area contributed by atoms with Crippen molar-refractivity contribution < 1.29 is 9.59 Å². The fourth-order valence-corrected chi connectivity index (χ4v) is 2.00. The molecule has 1 aromatic carbocycles. The number of anilines is 1. The van der Waals surface area contributed by atoms with Crippen molar-refractivity contribution in [2.45, 2.75) is 6.42 Å². The van der Waals surface area contributed by atoms with Crippen LogP contribution < -0.4 is 10.2 Å². The summed E-state index contributed by atoms with van der Waals surface area (Å²) in [5.74, 6) is -0.808. The van der Waals surface area contributed by atoms with Gasteiger partial charge in [-0.2, -0.15) is 0 Å². The molecule has 0 unspecified atom stereocenters. The molecule has 0 spiro atoms. The Morgan fingerprint density at radius 3 is 2.88 bits per heavy atom. The molecule has 17 heavy (non-hydrogen) atoms. The molecule has 1 aromatic rings. The minimum absolute atomic E-state index is 0.301. The maximum atomic E-state index is 11.9. The van der Waals surface area contributed by atoms with Gasteiger partial charge >= 0.3 is 11.8 Å². The zero-order chi connectivity index (χ0) is 12.3. The third kappa shape index (κ3) is 2.42. The molecule has 0 saturated carbocycles. The molecule has 2 amide bonds. The molecule has 0 radical (unpaired) electrons. The van der Waals surface area contributed by atoms with Crippen molar-refractivity contribution in [2.75, 3.05) is 23.9 Å². The van der Waals surface area contributed by atoms with Crippen LogP contribution in [0.1, 0.15) is 5.56 Å². The van der Waals surface area contributed by atoms with Crippen LogP contribution in [0.25, 0.3) is 0 Å². The first-order chi connectivity index (χ1) is 8.24. The normalized spacial score (nSPS) is 13.4. The predicted octanol–water partition coefficient (Wildman–Crippen LogP) is 0.931. The number of para-hydroxylation sites is 1. The molecule has 0 aromatic heterocycles. The molecular formula is C12H13ClN2O2.